The zero-order valence-electron chi connectivity index (χ0n) is 49.0. The molecule has 10 rings (SSSR count). The Balaban J connectivity index is 0.000000192. The lowest BCUT2D eigenvalue weighted by Crippen LogP contribution is -2.45. The van der Waals surface area contributed by atoms with Crippen LogP contribution in [-0.4, -0.2) is 163 Å². The minimum atomic E-state index is -1.49. The highest BCUT2D eigenvalue weighted by molar-refractivity contribution is 5.88. The SMILES string of the molecule is COc1ccc2cc([C@@H]3CCN(C[C@H](O)COc4cccc5[nH]c(C)cc45)[C@@H](C)C3)ccc2c1.COc1ccc2cc([C@H]3CCN(C[C@H](O)COc4cccc5[nH]c(C)cc45)[C@H](C)C3)ccc2c1.O=C(O)CCC(O)O.O=C(O)CCC(O)O. The molecule has 6 aromatic carbocycles. The van der Waals surface area contributed by atoms with E-state index in [0.717, 1.165) is 95.0 Å². The molecule has 0 radical (unpaired) electrons. The van der Waals surface area contributed by atoms with E-state index in [1.807, 2.05) is 62.4 Å². The van der Waals surface area contributed by atoms with Crippen molar-refractivity contribution in [3.05, 3.63) is 144 Å². The normalized spacial score (nSPS) is 18.1. The number of nitrogens with one attached hydrogen (secondary N) is 2. The molecule has 0 aliphatic carbocycles. The van der Waals surface area contributed by atoms with E-state index >= 15 is 0 Å². The van der Waals surface area contributed by atoms with Crippen molar-refractivity contribution in [2.75, 3.05) is 53.6 Å². The second kappa shape index (κ2) is 31.0. The lowest BCUT2D eigenvalue weighted by Gasteiger charge is -2.39. The van der Waals surface area contributed by atoms with Crippen molar-refractivity contribution < 1.29 is 69.4 Å². The molecule has 0 amide bonds. The fourth-order valence-electron chi connectivity index (χ4n) is 11.1. The van der Waals surface area contributed by atoms with E-state index in [4.69, 9.17) is 49.6 Å². The van der Waals surface area contributed by atoms with Crippen LogP contribution in [0.3, 0.4) is 0 Å². The second-order valence-electron chi connectivity index (χ2n) is 22.2. The van der Waals surface area contributed by atoms with E-state index in [-0.39, 0.29) is 25.7 Å². The standard InChI is InChI=1S/2C29H34N2O3.2C4H8O4/c2*1-19-13-27-28(30-19)5-4-6-29(27)34-18-25(32)17-31-12-11-24(14-20(31)2)21-7-8-23-16-26(33-3)10-9-22(23)15-21;2*5-3(6)1-2-4(7)8/h2*4-10,13,15-16,20,24-25,30,32H,11-12,14,17-18H2,1-3H3;2*3,5-6H,1-2H2,(H,7,8)/t20-,24+,25+;20-,24+,25-;;/m10../s1. The number of methoxy groups -OCH3 is 2. The summed E-state index contributed by atoms with van der Waals surface area (Å²) < 4.78 is 22.7. The molecule has 10 N–H and O–H groups in total. The van der Waals surface area contributed by atoms with Gasteiger partial charge in [-0.3, -0.25) is 19.4 Å². The Labute approximate surface area is 490 Å². The lowest BCUT2D eigenvalue weighted by atomic mass is 9.85. The molecule has 2 aliphatic rings. The number of β-amino-alcohol motifs (C(OH)–C–C–N with tert-alkyl or cyclic N) is 2. The zero-order chi connectivity index (χ0) is 60.5. The van der Waals surface area contributed by atoms with Crippen molar-refractivity contribution >= 4 is 55.3 Å². The van der Waals surface area contributed by atoms with Crippen LogP contribution in [0.2, 0.25) is 0 Å². The Kier molecular flexibility index (Phi) is 23.8. The molecular weight excluding hydrogens is 1070 g/mol. The topological polar surface area (TPSA) is 271 Å². The molecule has 2 fully saturated rings. The molecule has 8 aromatic rings. The Bertz CT molecular complexity index is 3160. The number of rotatable bonds is 20. The van der Waals surface area contributed by atoms with E-state index in [0.29, 0.717) is 50.2 Å². The van der Waals surface area contributed by atoms with Gasteiger partial charge in [0.1, 0.15) is 48.4 Å². The molecule has 4 heterocycles. The first kappa shape index (κ1) is 64.3. The minimum absolute atomic E-state index is 0.102. The van der Waals surface area contributed by atoms with Gasteiger partial charge in [0.15, 0.2) is 12.6 Å². The lowest BCUT2D eigenvalue weighted by molar-refractivity contribution is -0.140. The number of hydrogen-bond donors (Lipinski definition) is 10. The number of aromatic nitrogens is 2. The van der Waals surface area contributed by atoms with Crippen LogP contribution in [-0.2, 0) is 9.59 Å². The van der Waals surface area contributed by atoms with Crippen LogP contribution in [0.1, 0.15) is 99.6 Å². The number of likely N-dealkylation sites (tertiary alicyclic amines) is 2. The number of benzene rings is 6. The van der Waals surface area contributed by atoms with Gasteiger partial charge in [-0.2, -0.15) is 0 Å². The maximum Gasteiger partial charge on any atom is 0.303 e. The van der Waals surface area contributed by atoms with Crippen molar-refractivity contribution in [3.63, 3.8) is 0 Å². The molecule has 2 aromatic heterocycles. The maximum atomic E-state index is 10.7. The van der Waals surface area contributed by atoms with Crippen molar-refractivity contribution in [1.82, 2.24) is 19.8 Å². The Morgan fingerprint density at radius 2 is 0.917 bits per heavy atom. The first-order chi connectivity index (χ1) is 40.2. The molecular formula is C66H84N4O14. The third-order valence-corrected chi connectivity index (χ3v) is 15.6. The van der Waals surface area contributed by atoms with Gasteiger partial charge in [-0.05, 0) is 172 Å². The zero-order valence-corrected chi connectivity index (χ0v) is 49.0. The maximum absolute atomic E-state index is 10.7. The van der Waals surface area contributed by atoms with E-state index < -0.39 is 36.7 Å². The fourth-order valence-corrected chi connectivity index (χ4v) is 11.1. The Hall–Kier alpha value is -7.26. The number of carboxylic acids is 2. The van der Waals surface area contributed by atoms with Crippen LogP contribution in [0.15, 0.2) is 121 Å². The van der Waals surface area contributed by atoms with Crippen LogP contribution in [0.25, 0.3) is 43.4 Å². The smallest absolute Gasteiger partial charge is 0.303 e. The number of H-pyrrole nitrogens is 2. The van der Waals surface area contributed by atoms with Crippen LogP contribution < -0.4 is 18.9 Å². The summed E-state index contributed by atoms with van der Waals surface area (Å²) in [7, 11) is 3.41. The number of piperidine rings is 2. The number of ether oxygens (including phenoxy) is 4. The van der Waals surface area contributed by atoms with Gasteiger partial charge in [-0.25, -0.2) is 0 Å². The van der Waals surface area contributed by atoms with E-state index in [2.05, 4.69) is 106 Å². The third-order valence-electron chi connectivity index (χ3n) is 15.6. The summed E-state index contributed by atoms with van der Waals surface area (Å²) in [6.07, 6.45) is -0.246. The predicted octanol–water partition coefficient (Wildman–Crippen LogP) is 9.62. The van der Waals surface area contributed by atoms with Gasteiger partial charge in [0.2, 0.25) is 0 Å². The highest BCUT2D eigenvalue weighted by atomic mass is 16.5. The number of carboxylic acid groups (broad SMARTS) is 2. The summed E-state index contributed by atoms with van der Waals surface area (Å²) in [4.78, 5) is 30.8. The first-order valence-corrected chi connectivity index (χ1v) is 28.8. The van der Waals surface area contributed by atoms with Gasteiger partial charge >= 0.3 is 11.9 Å². The van der Waals surface area contributed by atoms with Gasteiger partial charge < -0.3 is 69.8 Å². The molecule has 452 valence electrons. The second-order valence-corrected chi connectivity index (χ2v) is 22.2. The first-order valence-electron chi connectivity index (χ1n) is 28.8. The highest BCUT2D eigenvalue weighted by Crippen LogP contribution is 2.36. The molecule has 0 unspecified atom stereocenters. The van der Waals surface area contributed by atoms with E-state index in [9.17, 15) is 19.8 Å². The molecule has 0 saturated carbocycles. The fraction of sp³-hybridized carbons (Fsp3) is 0.424. The summed E-state index contributed by atoms with van der Waals surface area (Å²) >= 11 is 0. The van der Waals surface area contributed by atoms with Crippen molar-refractivity contribution in [3.8, 4) is 23.0 Å². The minimum Gasteiger partial charge on any atom is -0.497 e. The van der Waals surface area contributed by atoms with Gasteiger partial charge in [0.25, 0.3) is 0 Å². The molecule has 2 aliphatic heterocycles. The molecule has 18 nitrogen and oxygen atoms in total. The van der Waals surface area contributed by atoms with Gasteiger partial charge in [-0.15, -0.1) is 0 Å². The van der Waals surface area contributed by atoms with Gasteiger partial charge in [0, 0.05) is 71.2 Å². The van der Waals surface area contributed by atoms with Crippen molar-refractivity contribution in [1.29, 1.82) is 0 Å². The van der Waals surface area contributed by atoms with E-state index in [1.165, 1.54) is 32.7 Å². The average Bonchev–Trinajstić information content (AvgIpc) is 4.03. The number of aliphatic hydroxyl groups excluding tert-OH is 4. The Morgan fingerprint density at radius 1 is 0.536 bits per heavy atom. The third kappa shape index (κ3) is 18.9. The quantitative estimate of drug-likeness (QED) is 0.0318. The van der Waals surface area contributed by atoms with Gasteiger partial charge in [0.05, 0.1) is 27.1 Å². The molecule has 18 heteroatoms. The summed E-state index contributed by atoms with van der Waals surface area (Å²) in [6, 6.07) is 43.1. The van der Waals surface area contributed by atoms with Crippen LogP contribution in [0, 0.1) is 13.8 Å². The molecule has 84 heavy (non-hydrogen) atoms. The molecule has 0 bridgehead atoms. The number of aliphatic carboxylic acids is 2. The number of carbonyl (C=O) groups is 2. The highest BCUT2D eigenvalue weighted by Gasteiger charge is 2.30. The monoisotopic (exact) mass is 1160 g/mol. The number of aromatic amines is 2. The van der Waals surface area contributed by atoms with Crippen molar-refractivity contribution in [2.45, 2.75) is 128 Å². The predicted molar refractivity (Wildman–Crippen MR) is 326 cm³/mol. The van der Waals surface area contributed by atoms with E-state index in [1.54, 1.807) is 14.2 Å². The van der Waals surface area contributed by atoms with Crippen LogP contribution >= 0.6 is 0 Å². The number of fused-ring (bicyclic) bond motifs is 4. The molecule has 2 saturated heterocycles. The largest absolute Gasteiger partial charge is 0.497 e. The Morgan fingerprint density at radius 3 is 1.26 bits per heavy atom. The molecule has 6 atom stereocenters. The average molecular weight is 1160 g/mol. The van der Waals surface area contributed by atoms with Crippen LogP contribution in [0.4, 0.5) is 0 Å². The summed E-state index contributed by atoms with van der Waals surface area (Å²) in [5, 5.41) is 76.8. The number of aliphatic hydroxyl groups is 6. The number of nitrogens with zero attached hydrogens (tertiary/aromatic N) is 2. The summed E-state index contributed by atoms with van der Waals surface area (Å²) in [5.41, 5.74) is 7.15. The number of aryl methyl sites for hydroxylation is 2. The summed E-state index contributed by atoms with van der Waals surface area (Å²) in [6.45, 7) is 12.4. The number of hydrogen-bond acceptors (Lipinski definition) is 14. The molecule has 0 spiro atoms. The van der Waals surface area contributed by atoms with Crippen molar-refractivity contribution in [2.24, 2.45) is 0 Å². The van der Waals surface area contributed by atoms with Gasteiger partial charge in [-0.1, -0.05) is 60.7 Å². The van der Waals surface area contributed by atoms with Crippen LogP contribution in [0.5, 0.6) is 23.0 Å². The summed E-state index contributed by atoms with van der Waals surface area (Å²) in [5.74, 6) is 2.48.